The van der Waals surface area contributed by atoms with Crippen LogP contribution in [0, 0.1) is 5.92 Å². The molecule has 0 fully saturated rings. The van der Waals surface area contributed by atoms with Gasteiger partial charge < -0.3 is 19.7 Å². The highest BCUT2D eigenvalue weighted by molar-refractivity contribution is 8.00. The molecule has 30 heavy (non-hydrogen) atoms. The molecule has 2 amide bonds. The molecule has 0 spiro atoms. The van der Waals surface area contributed by atoms with Crippen LogP contribution >= 0.6 is 11.8 Å². The standard InChI is InChI=1S/C22H40N2O5S/c1-12-28-19(26)15(4)13-16(14(2)3)24(10)18(25)17(22(8,9)30-11)23-20(27)29-21(5,6)7/h13-14,16-17H,12H2,1-11H3,(H,23,27)/t16-,17-/m1/s1. The second kappa shape index (κ2) is 11.6. The van der Waals surface area contributed by atoms with E-state index in [0.717, 1.165) is 0 Å². The van der Waals surface area contributed by atoms with E-state index in [1.54, 1.807) is 52.6 Å². The first-order chi connectivity index (χ1) is 13.6. The lowest BCUT2D eigenvalue weighted by atomic mass is 9.96. The van der Waals surface area contributed by atoms with Crippen LogP contribution in [0.15, 0.2) is 11.6 Å². The van der Waals surface area contributed by atoms with Crippen LogP contribution in [0.4, 0.5) is 4.79 Å². The quantitative estimate of drug-likeness (QED) is 0.427. The number of nitrogens with one attached hydrogen (secondary N) is 1. The first-order valence-electron chi connectivity index (χ1n) is 10.2. The van der Waals surface area contributed by atoms with Gasteiger partial charge in [-0.25, -0.2) is 9.59 Å². The Labute approximate surface area is 186 Å². The number of hydrogen-bond acceptors (Lipinski definition) is 6. The fourth-order valence-electron chi connectivity index (χ4n) is 2.75. The van der Waals surface area contributed by atoms with Crippen molar-refractivity contribution < 1.29 is 23.9 Å². The third kappa shape index (κ3) is 8.98. The molecule has 0 aliphatic carbocycles. The van der Waals surface area contributed by atoms with E-state index in [4.69, 9.17) is 9.47 Å². The fourth-order valence-corrected chi connectivity index (χ4v) is 3.14. The molecule has 0 heterocycles. The molecule has 8 heteroatoms. The van der Waals surface area contributed by atoms with Crippen LogP contribution in [0.25, 0.3) is 0 Å². The molecule has 0 aromatic rings. The minimum Gasteiger partial charge on any atom is -0.463 e. The van der Waals surface area contributed by atoms with E-state index in [0.29, 0.717) is 5.57 Å². The van der Waals surface area contributed by atoms with Crippen molar-refractivity contribution in [3.05, 3.63) is 11.6 Å². The van der Waals surface area contributed by atoms with E-state index < -0.39 is 28.5 Å². The van der Waals surface area contributed by atoms with Gasteiger partial charge >= 0.3 is 12.1 Å². The largest absolute Gasteiger partial charge is 0.463 e. The Hall–Kier alpha value is -1.70. The monoisotopic (exact) mass is 444 g/mol. The lowest BCUT2D eigenvalue weighted by molar-refractivity contribution is -0.139. The molecule has 2 atom stereocenters. The summed E-state index contributed by atoms with van der Waals surface area (Å²) in [6, 6.07) is -1.16. The third-order valence-electron chi connectivity index (χ3n) is 4.63. The second-order valence-corrected chi connectivity index (χ2v) is 10.6. The Balaban J connectivity index is 5.85. The van der Waals surface area contributed by atoms with Gasteiger partial charge in [-0.3, -0.25) is 4.79 Å². The number of hydrogen-bond donors (Lipinski definition) is 1. The van der Waals surface area contributed by atoms with Crippen LogP contribution in [0.5, 0.6) is 0 Å². The molecule has 0 unspecified atom stereocenters. The summed E-state index contributed by atoms with van der Waals surface area (Å²) in [6.45, 7) is 16.8. The molecule has 0 aliphatic heterocycles. The number of carbonyl (C=O) groups is 3. The zero-order valence-electron chi connectivity index (χ0n) is 20.4. The topological polar surface area (TPSA) is 84.9 Å². The van der Waals surface area contributed by atoms with E-state index in [2.05, 4.69) is 5.32 Å². The van der Waals surface area contributed by atoms with Gasteiger partial charge in [-0.2, -0.15) is 11.8 Å². The summed E-state index contributed by atoms with van der Waals surface area (Å²) in [5.74, 6) is -0.619. The van der Waals surface area contributed by atoms with Crippen molar-refractivity contribution in [1.29, 1.82) is 0 Å². The lowest BCUT2D eigenvalue weighted by Crippen LogP contribution is -2.59. The summed E-state index contributed by atoms with van der Waals surface area (Å²) in [4.78, 5) is 39.5. The molecule has 1 N–H and O–H groups in total. The molecule has 174 valence electrons. The molecule has 0 aromatic carbocycles. The highest BCUT2D eigenvalue weighted by Gasteiger charge is 2.40. The van der Waals surface area contributed by atoms with E-state index in [9.17, 15) is 14.4 Å². The number of carbonyl (C=O) groups excluding carboxylic acids is 3. The lowest BCUT2D eigenvalue weighted by Gasteiger charge is -2.38. The molecular formula is C22H40N2O5S. The number of amides is 2. The van der Waals surface area contributed by atoms with E-state index >= 15 is 0 Å². The molecule has 0 bridgehead atoms. The van der Waals surface area contributed by atoms with Gasteiger partial charge in [0.2, 0.25) is 5.91 Å². The number of rotatable bonds is 9. The predicted octanol–water partition coefficient (Wildman–Crippen LogP) is 4.01. The Morgan fingerprint density at radius 1 is 1.13 bits per heavy atom. The first-order valence-corrected chi connectivity index (χ1v) is 11.5. The number of likely N-dealkylation sites (N-methyl/N-ethyl adjacent to an activating group) is 1. The average Bonchev–Trinajstić information content (AvgIpc) is 2.61. The van der Waals surface area contributed by atoms with E-state index in [1.807, 2.05) is 34.0 Å². The van der Waals surface area contributed by atoms with Crippen molar-refractivity contribution in [2.45, 2.75) is 84.7 Å². The highest BCUT2D eigenvalue weighted by atomic mass is 32.2. The smallest absolute Gasteiger partial charge is 0.408 e. The van der Waals surface area contributed by atoms with Gasteiger partial charge in [0.15, 0.2) is 0 Å². The van der Waals surface area contributed by atoms with E-state index in [1.165, 1.54) is 11.8 Å². The maximum Gasteiger partial charge on any atom is 0.408 e. The van der Waals surface area contributed by atoms with Gasteiger partial charge in [0.05, 0.1) is 12.6 Å². The van der Waals surface area contributed by atoms with Crippen LogP contribution < -0.4 is 5.32 Å². The van der Waals surface area contributed by atoms with E-state index in [-0.39, 0.29) is 24.5 Å². The molecule has 0 saturated carbocycles. The van der Waals surface area contributed by atoms with Crippen LogP contribution in [-0.2, 0) is 19.1 Å². The van der Waals surface area contributed by atoms with Crippen molar-refractivity contribution >= 4 is 29.7 Å². The van der Waals surface area contributed by atoms with Gasteiger partial charge in [0.25, 0.3) is 0 Å². The number of nitrogens with zero attached hydrogens (tertiary/aromatic N) is 1. The molecular weight excluding hydrogens is 404 g/mol. The molecule has 0 aromatic heterocycles. The maximum atomic E-state index is 13.5. The molecule has 0 radical (unpaired) electrons. The predicted molar refractivity (Wildman–Crippen MR) is 123 cm³/mol. The fraction of sp³-hybridized carbons (Fsp3) is 0.773. The first kappa shape index (κ1) is 28.3. The second-order valence-electron chi connectivity index (χ2n) is 9.14. The Bertz CT molecular complexity index is 638. The van der Waals surface area contributed by atoms with Crippen molar-refractivity contribution in [2.75, 3.05) is 19.9 Å². The Kier molecular flexibility index (Phi) is 11.0. The zero-order valence-corrected chi connectivity index (χ0v) is 21.2. The molecule has 7 nitrogen and oxygen atoms in total. The summed E-state index contributed by atoms with van der Waals surface area (Å²) in [5, 5.41) is 2.75. The summed E-state index contributed by atoms with van der Waals surface area (Å²) >= 11 is 1.48. The van der Waals surface area contributed by atoms with Gasteiger partial charge in [-0.1, -0.05) is 19.9 Å². The van der Waals surface area contributed by atoms with Crippen LogP contribution in [-0.4, -0.2) is 65.2 Å². The molecule has 0 aliphatic rings. The average molecular weight is 445 g/mol. The molecule has 0 saturated heterocycles. The SMILES string of the molecule is CCOC(=O)C(C)=C[C@H](C(C)C)N(C)C(=O)[C@@H](NC(=O)OC(C)(C)C)C(C)(C)SC. The summed E-state index contributed by atoms with van der Waals surface area (Å²) in [7, 11) is 1.68. The van der Waals surface area contributed by atoms with Crippen molar-refractivity contribution in [2.24, 2.45) is 5.92 Å². The van der Waals surface area contributed by atoms with Crippen LogP contribution in [0.1, 0.15) is 62.3 Å². The van der Waals surface area contributed by atoms with Crippen molar-refractivity contribution in [3.8, 4) is 0 Å². The van der Waals surface area contributed by atoms with Crippen LogP contribution in [0.2, 0.25) is 0 Å². The summed E-state index contributed by atoms with van der Waals surface area (Å²) in [6.07, 6.45) is 3.00. The summed E-state index contributed by atoms with van der Waals surface area (Å²) in [5.41, 5.74) is -0.233. The van der Waals surface area contributed by atoms with Crippen molar-refractivity contribution in [1.82, 2.24) is 10.2 Å². The van der Waals surface area contributed by atoms with Crippen molar-refractivity contribution in [3.63, 3.8) is 0 Å². The van der Waals surface area contributed by atoms with Crippen LogP contribution in [0.3, 0.4) is 0 Å². The van der Waals surface area contributed by atoms with Gasteiger partial charge in [0.1, 0.15) is 11.6 Å². The number of alkyl carbamates (subject to hydrolysis) is 1. The Morgan fingerprint density at radius 2 is 1.67 bits per heavy atom. The number of thioether (sulfide) groups is 1. The number of esters is 1. The minimum atomic E-state index is -0.815. The summed E-state index contributed by atoms with van der Waals surface area (Å²) < 4.78 is 9.84. The maximum absolute atomic E-state index is 13.5. The third-order valence-corrected chi connectivity index (χ3v) is 5.91. The zero-order chi connectivity index (χ0) is 23.9. The normalized spacial score (nSPS) is 14.7. The molecule has 0 rings (SSSR count). The van der Waals surface area contributed by atoms with Gasteiger partial charge in [-0.05, 0) is 60.6 Å². The van der Waals surface area contributed by atoms with Gasteiger partial charge in [0, 0.05) is 17.4 Å². The highest BCUT2D eigenvalue weighted by Crippen LogP contribution is 2.28. The Morgan fingerprint density at radius 3 is 2.07 bits per heavy atom. The minimum absolute atomic E-state index is 0.0443. The van der Waals surface area contributed by atoms with Gasteiger partial charge in [-0.15, -0.1) is 0 Å². The number of ether oxygens (including phenoxy) is 2.